The van der Waals surface area contributed by atoms with Crippen LogP contribution in [-0.4, -0.2) is 11.0 Å². The van der Waals surface area contributed by atoms with Gasteiger partial charge in [-0.15, -0.1) is 0 Å². The number of nitrogens with zero attached hydrogens (tertiary/aromatic N) is 1. The lowest BCUT2D eigenvalue weighted by Gasteiger charge is -2.11. The monoisotopic (exact) mass is 281 g/mol. The summed E-state index contributed by atoms with van der Waals surface area (Å²) in [5.74, 6) is -0.876. The highest BCUT2D eigenvalue weighted by Gasteiger charge is 2.06. The van der Waals surface area contributed by atoms with E-state index in [1.807, 2.05) is 0 Å². The quantitative estimate of drug-likeness (QED) is 0.939. The Labute approximate surface area is 113 Å². The van der Waals surface area contributed by atoms with Crippen molar-refractivity contribution in [2.24, 2.45) is 0 Å². The van der Waals surface area contributed by atoms with Gasteiger partial charge in [-0.25, -0.2) is 4.98 Å². The van der Waals surface area contributed by atoms with Crippen LogP contribution in [0, 0.1) is 0 Å². The summed E-state index contributed by atoms with van der Waals surface area (Å²) in [6.07, 6.45) is 1.56. The summed E-state index contributed by atoms with van der Waals surface area (Å²) >= 11 is 11.9. The SMILES string of the molecule is O=C([O-])c1ccc(Cl)c(Nc2ncccc2Cl)c1. The van der Waals surface area contributed by atoms with Gasteiger partial charge in [-0.2, -0.15) is 0 Å². The Bertz CT molecular complexity index is 602. The van der Waals surface area contributed by atoms with Gasteiger partial charge in [0.25, 0.3) is 0 Å². The van der Waals surface area contributed by atoms with Gasteiger partial charge in [0.1, 0.15) is 5.82 Å². The highest BCUT2D eigenvalue weighted by molar-refractivity contribution is 6.34. The van der Waals surface area contributed by atoms with E-state index in [2.05, 4.69) is 10.3 Å². The number of carboxylic acid groups (broad SMARTS) is 1. The van der Waals surface area contributed by atoms with Crippen molar-refractivity contribution in [1.82, 2.24) is 4.98 Å². The molecule has 0 fully saturated rings. The van der Waals surface area contributed by atoms with Gasteiger partial charge < -0.3 is 15.2 Å². The molecule has 0 aliphatic rings. The zero-order valence-corrected chi connectivity index (χ0v) is 10.5. The minimum Gasteiger partial charge on any atom is -0.545 e. The summed E-state index contributed by atoms with van der Waals surface area (Å²) in [7, 11) is 0. The summed E-state index contributed by atoms with van der Waals surface area (Å²) in [4.78, 5) is 14.8. The van der Waals surface area contributed by atoms with Gasteiger partial charge >= 0.3 is 0 Å². The van der Waals surface area contributed by atoms with Crippen LogP contribution in [0.4, 0.5) is 11.5 Å². The van der Waals surface area contributed by atoms with Crippen LogP contribution in [0.25, 0.3) is 0 Å². The third kappa shape index (κ3) is 2.72. The maximum Gasteiger partial charge on any atom is 0.149 e. The van der Waals surface area contributed by atoms with Crippen molar-refractivity contribution >= 4 is 40.7 Å². The molecule has 0 aliphatic carbocycles. The molecule has 92 valence electrons. The van der Waals surface area contributed by atoms with Gasteiger partial charge in [-0.3, -0.25) is 0 Å². The topological polar surface area (TPSA) is 65.0 Å². The van der Waals surface area contributed by atoms with Crippen LogP contribution in [0.2, 0.25) is 10.0 Å². The van der Waals surface area contributed by atoms with Gasteiger partial charge in [0.05, 0.1) is 21.7 Å². The lowest BCUT2D eigenvalue weighted by Crippen LogP contribution is -2.22. The molecular formula is C12H7Cl2N2O2-. The molecule has 4 nitrogen and oxygen atoms in total. The van der Waals surface area contributed by atoms with Crippen LogP contribution in [0.3, 0.4) is 0 Å². The molecule has 0 saturated carbocycles. The highest BCUT2D eigenvalue weighted by Crippen LogP contribution is 2.28. The molecule has 0 radical (unpaired) electrons. The Balaban J connectivity index is 2.37. The summed E-state index contributed by atoms with van der Waals surface area (Å²) in [6.45, 7) is 0. The smallest absolute Gasteiger partial charge is 0.149 e. The number of aromatic nitrogens is 1. The summed E-state index contributed by atoms with van der Waals surface area (Å²) in [6, 6.07) is 7.54. The van der Waals surface area contributed by atoms with E-state index in [9.17, 15) is 9.90 Å². The molecule has 2 rings (SSSR count). The summed E-state index contributed by atoms with van der Waals surface area (Å²) < 4.78 is 0. The third-order valence-electron chi connectivity index (χ3n) is 2.21. The average molecular weight is 282 g/mol. The molecule has 1 aromatic heterocycles. The number of aromatic carboxylic acids is 1. The largest absolute Gasteiger partial charge is 0.545 e. The van der Waals surface area contributed by atoms with Crippen molar-refractivity contribution in [1.29, 1.82) is 0 Å². The van der Waals surface area contributed by atoms with Crippen molar-refractivity contribution in [3.63, 3.8) is 0 Å². The molecule has 0 aliphatic heterocycles. The molecule has 0 amide bonds. The van der Waals surface area contributed by atoms with Crippen LogP contribution in [0.15, 0.2) is 36.5 Å². The van der Waals surface area contributed by atoms with Crippen LogP contribution >= 0.6 is 23.2 Å². The van der Waals surface area contributed by atoms with Crippen molar-refractivity contribution in [3.8, 4) is 0 Å². The predicted molar refractivity (Wildman–Crippen MR) is 68.3 cm³/mol. The van der Waals surface area contributed by atoms with Crippen molar-refractivity contribution in [2.45, 2.75) is 0 Å². The molecule has 1 heterocycles. The lowest BCUT2D eigenvalue weighted by molar-refractivity contribution is -0.255. The number of halogens is 2. The van der Waals surface area contributed by atoms with Crippen LogP contribution in [-0.2, 0) is 0 Å². The fraction of sp³-hybridized carbons (Fsp3) is 0. The van der Waals surface area contributed by atoms with Gasteiger partial charge in [-0.05, 0) is 29.8 Å². The number of hydrogen-bond acceptors (Lipinski definition) is 4. The van der Waals surface area contributed by atoms with Crippen molar-refractivity contribution in [3.05, 3.63) is 52.1 Å². The molecule has 2 aromatic rings. The standard InChI is InChI=1S/C12H8Cl2N2O2/c13-8-4-3-7(12(17)18)6-10(8)16-11-9(14)2-1-5-15-11/h1-6H,(H,15,16)(H,17,18)/p-1. The van der Waals surface area contributed by atoms with E-state index >= 15 is 0 Å². The number of pyridine rings is 1. The van der Waals surface area contributed by atoms with Crippen molar-refractivity contribution < 1.29 is 9.90 Å². The van der Waals surface area contributed by atoms with E-state index in [1.165, 1.54) is 18.2 Å². The molecule has 6 heteroatoms. The van der Waals surface area contributed by atoms with Gasteiger partial charge in [0.2, 0.25) is 0 Å². The van der Waals surface area contributed by atoms with Crippen LogP contribution in [0.1, 0.15) is 10.4 Å². The second-order valence-corrected chi connectivity index (χ2v) is 4.26. The van der Waals surface area contributed by atoms with E-state index in [-0.39, 0.29) is 5.56 Å². The van der Waals surface area contributed by atoms with Gasteiger partial charge in [0.15, 0.2) is 0 Å². The molecule has 1 N–H and O–H groups in total. The Hall–Kier alpha value is -1.78. The number of hydrogen-bond donors (Lipinski definition) is 1. The first-order valence-corrected chi connectivity index (χ1v) is 5.72. The maximum atomic E-state index is 10.8. The Morgan fingerprint density at radius 2 is 2.00 bits per heavy atom. The fourth-order valence-electron chi connectivity index (χ4n) is 1.35. The Morgan fingerprint density at radius 1 is 1.22 bits per heavy atom. The minimum absolute atomic E-state index is 0.0222. The number of carbonyl (C=O) groups excluding carboxylic acids is 1. The lowest BCUT2D eigenvalue weighted by atomic mass is 10.2. The zero-order chi connectivity index (χ0) is 13.1. The maximum absolute atomic E-state index is 10.8. The summed E-state index contributed by atoms with van der Waals surface area (Å²) in [5, 5.41) is 14.4. The van der Waals surface area contributed by atoms with Gasteiger partial charge in [0, 0.05) is 6.20 Å². The molecule has 0 bridgehead atoms. The Kier molecular flexibility index (Phi) is 3.69. The predicted octanol–water partition coefficient (Wildman–Crippen LogP) is 2.50. The van der Waals surface area contributed by atoms with E-state index in [0.717, 1.165) is 0 Å². The average Bonchev–Trinajstić information content (AvgIpc) is 2.34. The second-order valence-electron chi connectivity index (χ2n) is 3.44. The molecule has 18 heavy (non-hydrogen) atoms. The zero-order valence-electron chi connectivity index (χ0n) is 8.98. The van der Waals surface area contributed by atoms with Crippen LogP contribution in [0.5, 0.6) is 0 Å². The fourth-order valence-corrected chi connectivity index (χ4v) is 1.69. The van der Waals surface area contributed by atoms with E-state index < -0.39 is 5.97 Å². The second kappa shape index (κ2) is 5.25. The van der Waals surface area contributed by atoms with E-state index in [1.54, 1.807) is 18.3 Å². The third-order valence-corrected chi connectivity index (χ3v) is 2.85. The number of carboxylic acids is 1. The van der Waals surface area contributed by atoms with Crippen LogP contribution < -0.4 is 10.4 Å². The molecule has 0 atom stereocenters. The molecule has 0 spiro atoms. The number of benzene rings is 1. The van der Waals surface area contributed by atoms with Gasteiger partial charge in [-0.1, -0.05) is 29.3 Å². The number of rotatable bonds is 3. The molecule has 1 aromatic carbocycles. The first kappa shape index (κ1) is 12.7. The first-order valence-electron chi connectivity index (χ1n) is 4.96. The summed E-state index contributed by atoms with van der Waals surface area (Å²) in [5.41, 5.74) is 0.424. The highest BCUT2D eigenvalue weighted by atomic mass is 35.5. The minimum atomic E-state index is -1.28. The first-order chi connectivity index (χ1) is 8.58. The molecule has 0 saturated heterocycles. The van der Waals surface area contributed by atoms with E-state index in [0.29, 0.717) is 21.6 Å². The van der Waals surface area contributed by atoms with E-state index in [4.69, 9.17) is 23.2 Å². The number of carbonyl (C=O) groups is 1. The Morgan fingerprint density at radius 3 is 2.67 bits per heavy atom. The number of anilines is 2. The molecule has 0 unspecified atom stereocenters. The molecular weight excluding hydrogens is 275 g/mol. The number of nitrogens with one attached hydrogen (secondary N) is 1. The normalized spacial score (nSPS) is 10.1. The van der Waals surface area contributed by atoms with Crippen molar-refractivity contribution in [2.75, 3.05) is 5.32 Å².